The van der Waals surface area contributed by atoms with E-state index in [1.54, 1.807) is 36.4 Å². The molecule has 1 amide bonds. The summed E-state index contributed by atoms with van der Waals surface area (Å²) < 4.78 is 11.0. The number of hydrogen-bond acceptors (Lipinski definition) is 8. The Bertz CT molecular complexity index is 1390. The fraction of sp³-hybridized carbons (Fsp3) is 0.200. The molecule has 9 heteroatoms. The zero-order valence-electron chi connectivity index (χ0n) is 18.6. The van der Waals surface area contributed by atoms with Gasteiger partial charge in [-0.3, -0.25) is 9.59 Å². The highest BCUT2D eigenvalue weighted by Gasteiger charge is 2.15. The molecule has 1 fully saturated rings. The van der Waals surface area contributed by atoms with Crippen molar-refractivity contribution in [3.8, 4) is 0 Å². The highest BCUT2D eigenvalue weighted by molar-refractivity contribution is 6.03. The van der Waals surface area contributed by atoms with Crippen LogP contribution < -0.4 is 21.0 Å². The van der Waals surface area contributed by atoms with E-state index in [9.17, 15) is 9.59 Å². The van der Waals surface area contributed by atoms with Crippen LogP contribution in [0.5, 0.6) is 0 Å². The SMILES string of the molecule is Cc1cc(N2CCOCC2)nc(Nc2ccc(NC(=O)c3cc(=O)c4ccccc4o3)cc2)n1. The predicted octanol–water partition coefficient (Wildman–Crippen LogP) is 3.72. The predicted molar refractivity (Wildman–Crippen MR) is 130 cm³/mol. The number of carbonyl (C=O) groups is 1. The third-order valence-electron chi connectivity index (χ3n) is 5.43. The first-order valence-electron chi connectivity index (χ1n) is 10.9. The number of nitrogens with one attached hydrogen (secondary N) is 2. The molecule has 0 atom stereocenters. The van der Waals surface area contributed by atoms with E-state index in [0.717, 1.165) is 30.3 Å². The van der Waals surface area contributed by atoms with E-state index in [1.165, 1.54) is 6.07 Å². The Hall–Kier alpha value is -4.24. The molecule has 0 spiro atoms. The fourth-order valence-electron chi connectivity index (χ4n) is 3.74. The van der Waals surface area contributed by atoms with Crippen molar-refractivity contribution in [3.05, 3.63) is 82.3 Å². The molecule has 3 heterocycles. The van der Waals surface area contributed by atoms with Crippen LogP contribution in [-0.2, 0) is 4.74 Å². The van der Waals surface area contributed by atoms with Gasteiger partial charge in [-0.15, -0.1) is 0 Å². The lowest BCUT2D eigenvalue weighted by Crippen LogP contribution is -2.36. The van der Waals surface area contributed by atoms with E-state index >= 15 is 0 Å². The lowest BCUT2D eigenvalue weighted by atomic mass is 10.2. The molecule has 0 bridgehead atoms. The van der Waals surface area contributed by atoms with E-state index in [4.69, 9.17) is 9.15 Å². The third kappa shape index (κ3) is 4.74. The summed E-state index contributed by atoms with van der Waals surface area (Å²) in [5, 5.41) is 6.40. The Balaban J connectivity index is 1.28. The molecule has 0 radical (unpaired) electrons. The van der Waals surface area contributed by atoms with Gasteiger partial charge in [0.15, 0.2) is 11.2 Å². The number of aryl methyl sites for hydroxylation is 1. The Kier molecular flexibility index (Phi) is 5.92. The van der Waals surface area contributed by atoms with Crippen molar-refractivity contribution in [1.82, 2.24) is 9.97 Å². The summed E-state index contributed by atoms with van der Waals surface area (Å²) in [6.45, 7) is 4.88. The maximum atomic E-state index is 12.6. The molecular formula is C25H23N5O4. The largest absolute Gasteiger partial charge is 0.451 e. The molecule has 1 aliphatic heterocycles. The zero-order chi connectivity index (χ0) is 23.5. The molecule has 9 nitrogen and oxygen atoms in total. The summed E-state index contributed by atoms with van der Waals surface area (Å²) in [7, 11) is 0. The number of hydrogen-bond donors (Lipinski definition) is 2. The van der Waals surface area contributed by atoms with E-state index in [-0.39, 0.29) is 11.2 Å². The summed E-state index contributed by atoms with van der Waals surface area (Å²) >= 11 is 0. The van der Waals surface area contributed by atoms with Crippen LogP contribution in [0.15, 0.2) is 69.9 Å². The maximum Gasteiger partial charge on any atom is 0.291 e. The first-order valence-corrected chi connectivity index (χ1v) is 10.9. The van der Waals surface area contributed by atoms with E-state index < -0.39 is 5.91 Å². The number of fused-ring (bicyclic) bond motifs is 1. The molecule has 1 saturated heterocycles. The van der Waals surface area contributed by atoms with Crippen molar-refractivity contribution >= 4 is 40.0 Å². The van der Waals surface area contributed by atoms with E-state index in [0.29, 0.717) is 35.8 Å². The smallest absolute Gasteiger partial charge is 0.291 e. The summed E-state index contributed by atoms with van der Waals surface area (Å²) in [5.74, 6) is 0.811. The minimum absolute atomic E-state index is 0.0466. The van der Waals surface area contributed by atoms with Gasteiger partial charge in [-0.2, -0.15) is 4.98 Å². The second kappa shape index (κ2) is 9.32. The number of amides is 1. The van der Waals surface area contributed by atoms with Gasteiger partial charge in [0.2, 0.25) is 5.95 Å². The van der Waals surface area contributed by atoms with Crippen LogP contribution in [0.2, 0.25) is 0 Å². The minimum atomic E-state index is -0.499. The number of carbonyl (C=O) groups excluding carboxylic acids is 1. The Morgan fingerprint density at radius 1 is 0.971 bits per heavy atom. The highest BCUT2D eigenvalue weighted by Crippen LogP contribution is 2.21. The van der Waals surface area contributed by atoms with Gasteiger partial charge in [0.05, 0.1) is 18.6 Å². The van der Waals surface area contributed by atoms with E-state index in [2.05, 4.69) is 25.5 Å². The monoisotopic (exact) mass is 457 g/mol. The number of anilines is 4. The third-order valence-corrected chi connectivity index (χ3v) is 5.43. The van der Waals surface area contributed by atoms with Crippen molar-refractivity contribution in [1.29, 1.82) is 0 Å². The molecule has 1 aliphatic rings. The number of ether oxygens (including phenoxy) is 1. The van der Waals surface area contributed by atoms with E-state index in [1.807, 2.05) is 25.1 Å². The summed E-state index contributed by atoms with van der Waals surface area (Å²) in [5.41, 5.74) is 2.30. The first-order chi connectivity index (χ1) is 16.5. The van der Waals surface area contributed by atoms with Crippen molar-refractivity contribution in [2.24, 2.45) is 0 Å². The van der Waals surface area contributed by atoms with Crippen molar-refractivity contribution in [2.75, 3.05) is 41.8 Å². The molecule has 5 rings (SSSR count). The van der Waals surface area contributed by atoms with Crippen LogP contribution >= 0.6 is 0 Å². The topological polar surface area (TPSA) is 110 Å². The molecular weight excluding hydrogens is 434 g/mol. The van der Waals surface area contributed by atoms with Crippen molar-refractivity contribution < 1.29 is 13.9 Å². The van der Waals surface area contributed by atoms with Gasteiger partial charge in [-0.1, -0.05) is 12.1 Å². The standard InChI is InChI=1S/C25H23N5O4/c1-16-14-23(30-10-12-33-13-11-30)29-25(26-16)28-18-8-6-17(7-9-18)27-24(32)22-15-20(31)19-4-2-3-5-21(19)34-22/h2-9,14-15H,10-13H2,1H3,(H,27,32)(H,26,28,29). The molecule has 0 aliphatic carbocycles. The van der Waals surface area contributed by atoms with Crippen LogP contribution in [0.1, 0.15) is 16.2 Å². The number of nitrogens with zero attached hydrogens (tertiary/aromatic N) is 3. The summed E-state index contributed by atoms with van der Waals surface area (Å²) in [6.07, 6.45) is 0. The molecule has 34 heavy (non-hydrogen) atoms. The zero-order valence-corrected chi connectivity index (χ0v) is 18.6. The Morgan fingerprint density at radius 3 is 2.50 bits per heavy atom. The molecule has 4 aromatic rings. The number of para-hydroxylation sites is 1. The van der Waals surface area contributed by atoms with Gasteiger partial charge in [-0.25, -0.2) is 4.98 Å². The molecule has 0 unspecified atom stereocenters. The van der Waals surface area contributed by atoms with Crippen LogP contribution in [0, 0.1) is 6.92 Å². The molecule has 172 valence electrons. The normalized spacial score (nSPS) is 13.6. The maximum absolute atomic E-state index is 12.6. The molecule has 2 aromatic carbocycles. The van der Waals surface area contributed by atoms with Gasteiger partial charge in [0.1, 0.15) is 11.4 Å². The van der Waals surface area contributed by atoms with Crippen LogP contribution in [0.4, 0.5) is 23.1 Å². The van der Waals surface area contributed by atoms with Crippen molar-refractivity contribution in [2.45, 2.75) is 6.92 Å². The van der Waals surface area contributed by atoms with Crippen molar-refractivity contribution in [3.63, 3.8) is 0 Å². The number of aromatic nitrogens is 2. The van der Waals surface area contributed by atoms with Gasteiger partial charge >= 0.3 is 0 Å². The van der Waals surface area contributed by atoms with Gasteiger partial charge in [0.25, 0.3) is 5.91 Å². The average Bonchev–Trinajstić information content (AvgIpc) is 2.85. The fourth-order valence-corrected chi connectivity index (χ4v) is 3.74. The average molecular weight is 457 g/mol. The quantitative estimate of drug-likeness (QED) is 0.467. The highest BCUT2D eigenvalue weighted by atomic mass is 16.5. The van der Waals surface area contributed by atoms with Crippen LogP contribution in [-0.4, -0.2) is 42.2 Å². The second-order valence-corrected chi connectivity index (χ2v) is 7.92. The first kappa shape index (κ1) is 21.6. The second-order valence-electron chi connectivity index (χ2n) is 7.92. The molecule has 2 N–H and O–H groups in total. The lowest BCUT2D eigenvalue weighted by Gasteiger charge is -2.28. The number of rotatable bonds is 5. The molecule has 0 saturated carbocycles. The van der Waals surface area contributed by atoms with Gasteiger partial charge in [0, 0.05) is 42.3 Å². The summed E-state index contributed by atoms with van der Waals surface area (Å²) in [6, 6.07) is 17.1. The van der Waals surface area contributed by atoms with Crippen LogP contribution in [0.3, 0.4) is 0 Å². The number of morpholine rings is 1. The lowest BCUT2D eigenvalue weighted by molar-refractivity contribution is 0.0997. The van der Waals surface area contributed by atoms with Gasteiger partial charge in [-0.05, 0) is 43.3 Å². The van der Waals surface area contributed by atoms with Gasteiger partial charge < -0.3 is 24.7 Å². The van der Waals surface area contributed by atoms with Crippen LogP contribution in [0.25, 0.3) is 11.0 Å². The molecule has 2 aromatic heterocycles. The number of benzene rings is 2. The minimum Gasteiger partial charge on any atom is -0.451 e. The Morgan fingerprint density at radius 2 is 1.71 bits per heavy atom. The summed E-state index contributed by atoms with van der Waals surface area (Å²) in [4.78, 5) is 36.2. The Labute approximate surface area is 195 Å².